The van der Waals surface area contributed by atoms with Crippen molar-refractivity contribution >= 4 is 18.3 Å². The van der Waals surface area contributed by atoms with Gasteiger partial charge in [0.25, 0.3) is 0 Å². The second-order valence-corrected chi connectivity index (χ2v) is 5.22. The van der Waals surface area contributed by atoms with Gasteiger partial charge in [-0.25, -0.2) is 0 Å². The first-order chi connectivity index (χ1) is 9.85. The van der Waals surface area contributed by atoms with Gasteiger partial charge in [-0.2, -0.15) is 0 Å². The van der Waals surface area contributed by atoms with E-state index in [2.05, 4.69) is 5.32 Å². The van der Waals surface area contributed by atoms with Crippen molar-refractivity contribution in [2.24, 2.45) is 5.73 Å². The normalized spacial score (nSPS) is 10.5. The lowest BCUT2D eigenvalue weighted by atomic mass is 10.1. The van der Waals surface area contributed by atoms with Crippen LogP contribution in [0.4, 0.5) is 0 Å². The molecule has 0 fully saturated rings. The minimum Gasteiger partial charge on any atom is -0.493 e. The van der Waals surface area contributed by atoms with Crippen molar-refractivity contribution in [3.63, 3.8) is 0 Å². The summed E-state index contributed by atoms with van der Waals surface area (Å²) in [6, 6.07) is 3.70. The summed E-state index contributed by atoms with van der Waals surface area (Å²) in [6.45, 7) is 3.80. The molecule has 0 aliphatic carbocycles. The van der Waals surface area contributed by atoms with E-state index in [-0.39, 0.29) is 18.3 Å². The van der Waals surface area contributed by atoms with Gasteiger partial charge in [0.05, 0.1) is 26.9 Å². The van der Waals surface area contributed by atoms with Gasteiger partial charge in [-0.15, -0.1) is 12.4 Å². The molecule has 3 N–H and O–H groups in total. The van der Waals surface area contributed by atoms with E-state index in [4.69, 9.17) is 19.9 Å². The number of nitrogens with two attached hydrogens (primary N) is 1. The average molecular weight is 333 g/mol. The quantitative estimate of drug-likeness (QED) is 0.791. The first-order valence-corrected chi connectivity index (χ1v) is 6.70. The molecule has 7 heteroatoms. The highest BCUT2D eigenvalue weighted by molar-refractivity contribution is 5.85. The molecule has 22 heavy (non-hydrogen) atoms. The van der Waals surface area contributed by atoms with E-state index in [1.165, 1.54) is 0 Å². The Labute approximate surface area is 137 Å². The zero-order chi connectivity index (χ0) is 16.0. The number of carbonyl (C=O) groups excluding carboxylic acids is 1. The highest BCUT2D eigenvalue weighted by Gasteiger charge is 2.21. The number of hydrogen-bond acceptors (Lipinski definition) is 5. The van der Waals surface area contributed by atoms with Crippen LogP contribution in [0.2, 0.25) is 0 Å². The van der Waals surface area contributed by atoms with E-state index in [0.29, 0.717) is 30.2 Å². The second-order valence-electron chi connectivity index (χ2n) is 5.22. The summed E-state index contributed by atoms with van der Waals surface area (Å²) < 4.78 is 15.9. The fraction of sp³-hybridized carbons (Fsp3) is 0.533. The predicted molar refractivity (Wildman–Crippen MR) is 88.3 cm³/mol. The number of ether oxygens (including phenoxy) is 3. The molecule has 0 saturated carbocycles. The van der Waals surface area contributed by atoms with Crippen molar-refractivity contribution in [2.75, 3.05) is 27.9 Å². The van der Waals surface area contributed by atoms with Crippen LogP contribution < -0.4 is 25.3 Å². The van der Waals surface area contributed by atoms with Crippen molar-refractivity contribution in [3.8, 4) is 17.2 Å². The maximum absolute atomic E-state index is 11.7. The van der Waals surface area contributed by atoms with Crippen LogP contribution in [0, 0.1) is 0 Å². The van der Waals surface area contributed by atoms with Crippen LogP contribution in [0.5, 0.6) is 17.2 Å². The van der Waals surface area contributed by atoms with Crippen LogP contribution >= 0.6 is 12.4 Å². The summed E-state index contributed by atoms with van der Waals surface area (Å²) in [7, 11) is 4.70. The molecule has 0 radical (unpaired) electrons. The lowest BCUT2D eigenvalue weighted by molar-refractivity contribution is -0.125. The molecule has 0 unspecified atom stereocenters. The number of nitrogens with one attached hydrogen (secondary N) is 1. The second kappa shape index (κ2) is 8.70. The minimum absolute atomic E-state index is 0. The summed E-state index contributed by atoms with van der Waals surface area (Å²) in [5, 5.41) is 2.80. The molecule has 1 aromatic rings. The van der Waals surface area contributed by atoms with E-state index >= 15 is 0 Å². The number of benzene rings is 1. The van der Waals surface area contributed by atoms with Gasteiger partial charge in [-0.05, 0) is 26.3 Å². The summed E-state index contributed by atoms with van der Waals surface area (Å²) in [4.78, 5) is 11.7. The Morgan fingerprint density at radius 1 is 1.14 bits per heavy atom. The van der Waals surface area contributed by atoms with E-state index in [9.17, 15) is 4.79 Å². The molecule has 6 nitrogen and oxygen atoms in total. The van der Waals surface area contributed by atoms with Gasteiger partial charge >= 0.3 is 0 Å². The zero-order valence-electron chi connectivity index (χ0n) is 13.7. The van der Waals surface area contributed by atoms with Gasteiger partial charge in [-0.1, -0.05) is 6.07 Å². The van der Waals surface area contributed by atoms with Gasteiger partial charge in [0.15, 0.2) is 11.5 Å². The average Bonchev–Trinajstić information content (AvgIpc) is 2.45. The first kappa shape index (κ1) is 20.3. The molecule has 0 saturated heterocycles. The molecule has 1 aromatic carbocycles. The van der Waals surface area contributed by atoms with Gasteiger partial charge in [0, 0.05) is 12.1 Å². The van der Waals surface area contributed by atoms with Gasteiger partial charge in [0.1, 0.15) is 0 Å². The van der Waals surface area contributed by atoms with Crippen LogP contribution in [-0.2, 0) is 11.2 Å². The molecule has 1 amide bonds. The fourth-order valence-electron chi connectivity index (χ4n) is 1.90. The third kappa shape index (κ3) is 4.96. The first-order valence-electron chi connectivity index (χ1n) is 6.70. The molecular weight excluding hydrogens is 308 g/mol. The molecule has 0 spiro atoms. The third-order valence-electron chi connectivity index (χ3n) is 3.05. The Hall–Kier alpha value is -1.66. The Kier molecular flexibility index (Phi) is 8.05. The molecule has 0 aliphatic rings. The van der Waals surface area contributed by atoms with Gasteiger partial charge in [0.2, 0.25) is 11.7 Å². The lowest BCUT2D eigenvalue weighted by Crippen LogP contribution is -2.49. The van der Waals surface area contributed by atoms with E-state index in [1.54, 1.807) is 35.2 Å². The van der Waals surface area contributed by atoms with Crippen LogP contribution in [0.3, 0.4) is 0 Å². The maximum atomic E-state index is 11.7. The molecule has 0 aliphatic heterocycles. The number of halogens is 1. The van der Waals surface area contributed by atoms with Crippen LogP contribution in [0.15, 0.2) is 12.1 Å². The summed E-state index contributed by atoms with van der Waals surface area (Å²) in [6.07, 6.45) is 0.603. The number of rotatable bonds is 7. The van der Waals surface area contributed by atoms with Crippen molar-refractivity contribution in [2.45, 2.75) is 25.8 Å². The SMILES string of the molecule is COc1ccc(CCNC(=O)C(C)(C)N)c(OC)c1OC.Cl. The third-order valence-corrected chi connectivity index (χ3v) is 3.05. The van der Waals surface area contributed by atoms with Crippen molar-refractivity contribution in [1.82, 2.24) is 5.32 Å². The van der Waals surface area contributed by atoms with Crippen molar-refractivity contribution in [1.29, 1.82) is 0 Å². The van der Waals surface area contributed by atoms with Crippen LogP contribution in [-0.4, -0.2) is 39.3 Å². The van der Waals surface area contributed by atoms with Crippen LogP contribution in [0.1, 0.15) is 19.4 Å². The molecule has 0 atom stereocenters. The molecule has 0 heterocycles. The Morgan fingerprint density at radius 2 is 1.73 bits per heavy atom. The van der Waals surface area contributed by atoms with Gasteiger partial charge < -0.3 is 25.3 Å². The van der Waals surface area contributed by atoms with E-state index < -0.39 is 5.54 Å². The summed E-state index contributed by atoms with van der Waals surface area (Å²) in [5.41, 5.74) is 5.76. The highest BCUT2D eigenvalue weighted by atomic mass is 35.5. The summed E-state index contributed by atoms with van der Waals surface area (Å²) in [5.74, 6) is 1.56. The molecule has 0 aromatic heterocycles. The monoisotopic (exact) mass is 332 g/mol. The van der Waals surface area contributed by atoms with E-state index in [1.807, 2.05) is 12.1 Å². The Bertz CT molecular complexity index is 501. The molecule has 1 rings (SSSR count). The predicted octanol–water partition coefficient (Wildman–Crippen LogP) is 1.53. The number of methoxy groups -OCH3 is 3. The number of hydrogen-bond donors (Lipinski definition) is 2. The molecular formula is C15H25ClN2O4. The smallest absolute Gasteiger partial charge is 0.239 e. The zero-order valence-corrected chi connectivity index (χ0v) is 14.5. The summed E-state index contributed by atoms with van der Waals surface area (Å²) >= 11 is 0. The number of carbonyl (C=O) groups is 1. The standard InChI is InChI=1S/C15H24N2O4.ClH/c1-15(2,16)14(18)17-9-8-10-6-7-11(19-3)13(21-5)12(10)20-4;/h6-7H,8-9,16H2,1-5H3,(H,17,18);1H. The Morgan fingerprint density at radius 3 is 2.18 bits per heavy atom. The van der Waals surface area contributed by atoms with Crippen molar-refractivity contribution in [3.05, 3.63) is 17.7 Å². The number of amides is 1. The Balaban J connectivity index is 0.00000441. The topological polar surface area (TPSA) is 82.8 Å². The van der Waals surface area contributed by atoms with Crippen LogP contribution in [0.25, 0.3) is 0 Å². The molecule has 0 bridgehead atoms. The van der Waals surface area contributed by atoms with Crippen molar-refractivity contribution < 1.29 is 19.0 Å². The maximum Gasteiger partial charge on any atom is 0.239 e. The largest absolute Gasteiger partial charge is 0.493 e. The fourth-order valence-corrected chi connectivity index (χ4v) is 1.90. The highest BCUT2D eigenvalue weighted by Crippen LogP contribution is 2.39. The molecule has 126 valence electrons. The van der Waals surface area contributed by atoms with E-state index in [0.717, 1.165) is 5.56 Å². The lowest BCUT2D eigenvalue weighted by Gasteiger charge is -2.19. The minimum atomic E-state index is -0.887. The van der Waals surface area contributed by atoms with Gasteiger partial charge in [-0.3, -0.25) is 4.79 Å².